The maximum absolute atomic E-state index is 13.4. The maximum atomic E-state index is 13.4. The molecule has 1 aromatic heterocycles. The van der Waals surface area contributed by atoms with Gasteiger partial charge >= 0.3 is 0 Å². The molecule has 0 fully saturated rings. The van der Waals surface area contributed by atoms with Crippen LogP contribution < -0.4 is 21.8 Å². The number of amides is 1. The number of hydrogen-bond acceptors (Lipinski definition) is 8. The Labute approximate surface area is 202 Å². The third kappa shape index (κ3) is 7.35. The van der Waals surface area contributed by atoms with Crippen LogP contribution in [0.2, 0.25) is 0 Å². The van der Waals surface area contributed by atoms with E-state index in [2.05, 4.69) is 46.9 Å². The molecule has 34 heavy (non-hydrogen) atoms. The highest BCUT2D eigenvalue weighted by Gasteiger charge is 2.16. The summed E-state index contributed by atoms with van der Waals surface area (Å²) in [5.41, 5.74) is 9.06. The lowest BCUT2D eigenvalue weighted by molar-refractivity contribution is -0.119. The van der Waals surface area contributed by atoms with Gasteiger partial charge in [-0.05, 0) is 56.4 Å². The lowest BCUT2D eigenvalue weighted by Crippen LogP contribution is -2.37. The van der Waals surface area contributed by atoms with Crippen molar-refractivity contribution in [3.05, 3.63) is 70.1 Å². The fourth-order valence-corrected chi connectivity index (χ4v) is 3.13. The molecule has 0 aliphatic carbocycles. The average molecular weight is 533 g/mol. The molecule has 3 aromatic rings. The molecule has 178 valence electrons. The zero-order valence-electron chi connectivity index (χ0n) is 17.8. The molecule has 2 aromatic carbocycles. The molecule has 0 bridgehead atoms. The number of hydroxylamine groups is 1. The maximum Gasteiger partial charge on any atom is 0.231 e. The van der Waals surface area contributed by atoms with E-state index in [-0.39, 0.29) is 40.1 Å². The fraction of sp³-hybridized carbons (Fsp3) is 0.190. The van der Waals surface area contributed by atoms with Crippen molar-refractivity contribution in [3.63, 3.8) is 0 Å². The van der Waals surface area contributed by atoms with Crippen molar-refractivity contribution in [2.75, 3.05) is 18.4 Å². The van der Waals surface area contributed by atoms with Crippen molar-refractivity contribution in [1.82, 2.24) is 21.1 Å². The summed E-state index contributed by atoms with van der Waals surface area (Å²) in [6, 6.07) is 13.4. The predicted octanol–water partition coefficient (Wildman–Crippen LogP) is 2.50. The fourth-order valence-electron chi connectivity index (χ4n) is 2.77. The van der Waals surface area contributed by atoms with Gasteiger partial charge in [-0.2, -0.15) is 0 Å². The SMILES string of the molecule is NC(=NCCCNc1nonc1C(=Nc1ccc(F)c(Br)c1)NO)NC(=O)Cc1ccccc1. The Hall–Kier alpha value is -3.84. The van der Waals surface area contributed by atoms with Crippen LogP contribution in [0.15, 0.2) is 67.6 Å². The van der Waals surface area contributed by atoms with Crippen molar-refractivity contribution >= 4 is 45.1 Å². The Bertz CT molecular complexity index is 1170. The first-order chi connectivity index (χ1) is 16.5. The van der Waals surface area contributed by atoms with E-state index in [1.807, 2.05) is 35.8 Å². The van der Waals surface area contributed by atoms with Gasteiger partial charge in [-0.15, -0.1) is 0 Å². The largest absolute Gasteiger partial charge is 0.370 e. The van der Waals surface area contributed by atoms with Gasteiger partial charge in [0.2, 0.25) is 11.7 Å². The van der Waals surface area contributed by atoms with Crippen LogP contribution in [-0.4, -0.2) is 46.3 Å². The summed E-state index contributed by atoms with van der Waals surface area (Å²) in [7, 11) is 0. The standard InChI is InChI=1S/C21H22BrFN8O3/c22-15-12-14(7-8-16(15)23)27-20(29-33)18-19(31-34-30-18)25-9-4-10-26-21(24)28-17(32)11-13-5-2-1-3-6-13/h1-3,5-8,12,33H,4,9-11H2,(H,25,31)(H,27,29)(H3,24,26,28,32). The van der Waals surface area contributed by atoms with Gasteiger partial charge in [0.1, 0.15) is 5.82 Å². The van der Waals surface area contributed by atoms with Crippen LogP contribution in [0.1, 0.15) is 17.7 Å². The number of benzene rings is 2. The average Bonchev–Trinajstić information content (AvgIpc) is 3.28. The number of halogens is 2. The topological polar surface area (TPSA) is 163 Å². The molecule has 11 nitrogen and oxygen atoms in total. The van der Waals surface area contributed by atoms with Crippen LogP contribution >= 0.6 is 15.9 Å². The molecule has 1 amide bonds. The lowest BCUT2D eigenvalue weighted by atomic mass is 10.1. The number of nitrogens with two attached hydrogens (primary N) is 1. The number of aromatic nitrogens is 2. The number of rotatable bonds is 9. The smallest absolute Gasteiger partial charge is 0.231 e. The molecule has 0 atom stereocenters. The van der Waals surface area contributed by atoms with Crippen molar-refractivity contribution in [1.29, 1.82) is 0 Å². The normalized spacial score (nSPS) is 11.9. The van der Waals surface area contributed by atoms with Crippen LogP contribution in [0, 0.1) is 5.82 Å². The first-order valence-electron chi connectivity index (χ1n) is 10.1. The number of carbonyl (C=O) groups is 1. The summed E-state index contributed by atoms with van der Waals surface area (Å²) in [5, 5.41) is 22.5. The number of anilines is 1. The third-order valence-corrected chi connectivity index (χ3v) is 4.95. The van der Waals surface area contributed by atoms with Gasteiger partial charge in [0.15, 0.2) is 17.5 Å². The molecule has 1 heterocycles. The van der Waals surface area contributed by atoms with Crippen LogP contribution in [-0.2, 0) is 11.2 Å². The van der Waals surface area contributed by atoms with Crippen LogP contribution in [0.3, 0.4) is 0 Å². The first kappa shape index (κ1) is 24.8. The number of carbonyl (C=O) groups excluding carboxylic acids is 1. The molecule has 0 saturated carbocycles. The van der Waals surface area contributed by atoms with E-state index in [9.17, 15) is 14.4 Å². The Morgan fingerprint density at radius 1 is 1.21 bits per heavy atom. The summed E-state index contributed by atoms with van der Waals surface area (Å²) in [4.78, 5) is 20.3. The molecule has 6 N–H and O–H groups in total. The number of nitrogens with one attached hydrogen (secondary N) is 3. The van der Waals surface area contributed by atoms with Gasteiger partial charge < -0.3 is 11.1 Å². The molecule has 0 aliphatic rings. The first-order valence-corrected chi connectivity index (χ1v) is 10.9. The molecule has 0 unspecified atom stereocenters. The van der Waals surface area contributed by atoms with E-state index >= 15 is 0 Å². The van der Waals surface area contributed by atoms with Crippen molar-refractivity contribution in [2.24, 2.45) is 15.7 Å². The number of hydrogen-bond donors (Lipinski definition) is 5. The summed E-state index contributed by atoms with van der Waals surface area (Å²) in [5.74, 6) is -0.475. The molecule has 13 heteroatoms. The lowest BCUT2D eigenvalue weighted by Gasteiger charge is -2.06. The van der Waals surface area contributed by atoms with E-state index < -0.39 is 5.82 Å². The summed E-state index contributed by atoms with van der Waals surface area (Å²) >= 11 is 3.08. The summed E-state index contributed by atoms with van der Waals surface area (Å²) in [6.45, 7) is 0.755. The third-order valence-electron chi connectivity index (χ3n) is 4.35. The highest BCUT2D eigenvalue weighted by molar-refractivity contribution is 9.10. The zero-order valence-corrected chi connectivity index (χ0v) is 19.4. The minimum absolute atomic E-state index is 0.0362. The van der Waals surface area contributed by atoms with Crippen molar-refractivity contribution < 1.29 is 19.0 Å². The van der Waals surface area contributed by atoms with Gasteiger partial charge in [0.05, 0.1) is 16.6 Å². The van der Waals surface area contributed by atoms with E-state index in [0.29, 0.717) is 25.2 Å². The molecule has 0 saturated heterocycles. The minimum atomic E-state index is -0.443. The number of amidine groups is 1. The Balaban J connectivity index is 1.49. The Morgan fingerprint density at radius 2 is 2.00 bits per heavy atom. The van der Waals surface area contributed by atoms with Crippen LogP contribution in [0.5, 0.6) is 0 Å². The molecule has 3 rings (SSSR count). The van der Waals surface area contributed by atoms with Gasteiger partial charge in [-0.3, -0.25) is 25.8 Å². The molecule has 0 spiro atoms. The molecule has 0 aliphatic heterocycles. The quantitative estimate of drug-likeness (QED) is 0.121. The Kier molecular flexibility index (Phi) is 9.05. The van der Waals surface area contributed by atoms with Crippen LogP contribution in [0.4, 0.5) is 15.9 Å². The highest BCUT2D eigenvalue weighted by atomic mass is 79.9. The Morgan fingerprint density at radius 3 is 2.74 bits per heavy atom. The number of aliphatic imine (C=N–C) groups is 2. The number of guanidine groups is 1. The summed E-state index contributed by atoms with van der Waals surface area (Å²) < 4.78 is 18.4. The second-order valence-electron chi connectivity index (χ2n) is 6.89. The van der Waals surface area contributed by atoms with Gasteiger partial charge in [-0.25, -0.2) is 14.0 Å². The van der Waals surface area contributed by atoms with E-state index in [1.165, 1.54) is 18.2 Å². The van der Waals surface area contributed by atoms with Gasteiger partial charge in [0, 0.05) is 13.1 Å². The zero-order chi connectivity index (χ0) is 24.3. The predicted molar refractivity (Wildman–Crippen MR) is 127 cm³/mol. The van der Waals surface area contributed by atoms with E-state index in [4.69, 9.17) is 10.4 Å². The van der Waals surface area contributed by atoms with Gasteiger partial charge in [0.25, 0.3) is 0 Å². The highest BCUT2D eigenvalue weighted by Crippen LogP contribution is 2.23. The van der Waals surface area contributed by atoms with Crippen molar-refractivity contribution in [3.8, 4) is 0 Å². The minimum Gasteiger partial charge on any atom is -0.370 e. The van der Waals surface area contributed by atoms with E-state index in [0.717, 1.165) is 5.56 Å². The molecular weight excluding hydrogens is 511 g/mol. The molecule has 0 radical (unpaired) electrons. The monoisotopic (exact) mass is 532 g/mol. The second kappa shape index (κ2) is 12.4. The summed E-state index contributed by atoms with van der Waals surface area (Å²) in [6.07, 6.45) is 0.754. The van der Waals surface area contributed by atoms with Gasteiger partial charge in [-0.1, -0.05) is 30.3 Å². The number of nitrogens with zero attached hydrogens (tertiary/aromatic N) is 4. The second-order valence-corrected chi connectivity index (χ2v) is 7.74. The molecular formula is C21H22BrFN8O3. The van der Waals surface area contributed by atoms with Crippen molar-refractivity contribution in [2.45, 2.75) is 12.8 Å². The van der Waals surface area contributed by atoms with E-state index in [1.54, 1.807) is 0 Å². The van der Waals surface area contributed by atoms with Crippen LogP contribution in [0.25, 0.3) is 0 Å².